The molecular formula is C17H25N3O2. The van der Waals surface area contributed by atoms with Crippen molar-refractivity contribution in [2.45, 2.75) is 44.6 Å². The SMILES string of the molecule is O=C(O)c1ccnc(N2CCCN(C3CCCCC3)CC2)c1. The zero-order valence-electron chi connectivity index (χ0n) is 13.1. The highest BCUT2D eigenvalue weighted by Gasteiger charge is 2.24. The lowest BCUT2D eigenvalue weighted by atomic mass is 9.94. The van der Waals surface area contributed by atoms with E-state index in [4.69, 9.17) is 5.11 Å². The van der Waals surface area contributed by atoms with E-state index in [2.05, 4.69) is 14.8 Å². The first-order chi connectivity index (χ1) is 10.7. The van der Waals surface area contributed by atoms with Crippen LogP contribution in [0.1, 0.15) is 48.9 Å². The van der Waals surface area contributed by atoms with Gasteiger partial charge in [-0.25, -0.2) is 9.78 Å². The Morgan fingerprint density at radius 3 is 2.68 bits per heavy atom. The molecule has 3 rings (SSSR count). The molecule has 2 fully saturated rings. The molecule has 0 unspecified atom stereocenters. The van der Waals surface area contributed by atoms with E-state index in [1.165, 1.54) is 32.1 Å². The molecular weight excluding hydrogens is 278 g/mol. The Morgan fingerprint density at radius 1 is 1.09 bits per heavy atom. The summed E-state index contributed by atoms with van der Waals surface area (Å²) in [5.41, 5.74) is 0.318. The summed E-state index contributed by atoms with van der Waals surface area (Å²) >= 11 is 0. The fourth-order valence-electron chi connectivity index (χ4n) is 3.70. The molecule has 22 heavy (non-hydrogen) atoms. The topological polar surface area (TPSA) is 56.7 Å². The predicted molar refractivity (Wildman–Crippen MR) is 86.5 cm³/mol. The molecule has 0 spiro atoms. The molecule has 1 aromatic heterocycles. The van der Waals surface area contributed by atoms with Gasteiger partial charge in [-0.05, 0) is 31.4 Å². The second-order valence-corrected chi connectivity index (χ2v) is 6.38. The van der Waals surface area contributed by atoms with Gasteiger partial charge in [0, 0.05) is 38.4 Å². The van der Waals surface area contributed by atoms with Gasteiger partial charge >= 0.3 is 5.97 Å². The molecule has 0 radical (unpaired) electrons. The lowest BCUT2D eigenvalue weighted by Crippen LogP contribution is -2.39. The van der Waals surface area contributed by atoms with Gasteiger partial charge < -0.3 is 10.0 Å². The third-order valence-electron chi connectivity index (χ3n) is 4.94. The molecule has 5 heteroatoms. The highest BCUT2D eigenvalue weighted by molar-refractivity contribution is 5.88. The van der Waals surface area contributed by atoms with Crippen molar-refractivity contribution in [2.75, 3.05) is 31.1 Å². The number of carboxylic acids is 1. The van der Waals surface area contributed by atoms with Crippen LogP contribution in [0, 0.1) is 0 Å². The van der Waals surface area contributed by atoms with Gasteiger partial charge in [-0.15, -0.1) is 0 Å². The van der Waals surface area contributed by atoms with E-state index in [1.807, 2.05) is 0 Å². The van der Waals surface area contributed by atoms with E-state index in [-0.39, 0.29) is 0 Å². The van der Waals surface area contributed by atoms with E-state index in [0.29, 0.717) is 5.56 Å². The minimum atomic E-state index is -0.887. The number of rotatable bonds is 3. The van der Waals surface area contributed by atoms with Crippen LogP contribution in [0.15, 0.2) is 18.3 Å². The summed E-state index contributed by atoms with van der Waals surface area (Å²) in [4.78, 5) is 20.3. The normalized spacial score (nSPS) is 21.5. The smallest absolute Gasteiger partial charge is 0.335 e. The molecule has 120 valence electrons. The number of aromatic carboxylic acids is 1. The Balaban J connectivity index is 1.64. The molecule has 1 saturated heterocycles. The van der Waals surface area contributed by atoms with E-state index in [9.17, 15) is 4.79 Å². The third kappa shape index (κ3) is 3.58. The van der Waals surface area contributed by atoms with E-state index < -0.39 is 5.97 Å². The maximum absolute atomic E-state index is 11.1. The molecule has 1 N–H and O–H groups in total. The van der Waals surface area contributed by atoms with Crippen molar-refractivity contribution in [2.24, 2.45) is 0 Å². The summed E-state index contributed by atoms with van der Waals surface area (Å²) in [5, 5.41) is 9.12. The second-order valence-electron chi connectivity index (χ2n) is 6.38. The van der Waals surface area contributed by atoms with Gasteiger partial charge in [-0.3, -0.25) is 4.90 Å². The Morgan fingerprint density at radius 2 is 1.91 bits per heavy atom. The minimum absolute atomic E-state index is 0.318. The van der Waals surface area contributed by atoms with Crippen molar-refractivity contribution < 1.29 is 9.90 Å². The van der Waals surface area contributed by atoms with Gasteiger partial charge in [-0.2, -0.15) is 0 Å². The summed E-state index contributed by atoms with van der Waals surface area (Å²) in [5.74, 6) is -0.0901. The Hall–Kier alpha value is -1.62. The first-order valence-electron chi connectivity index (χ1n) is 8.42. The maximum Gasteiger partial charge on any atom is 0.335 e. The molecule has 0 aromatic carbocycles. The van der Waals surface area contributed by atoms with Crippen molar-refractivity contribution in [3.05, 3.63) is 23.9 Å². The fourth-order valence-corrected chi connectivity index (χ4v) is 3.70. The molecule has 1 saturated carbocycles. The lowest BCUT2D eigenvalue weighted by molar-refractivity contribution is 0.0697. The summed E-state index contributed by atoms with van der Waals surface area (Å²) in [6.45, 7) is 4.11. The molecule has 1 aliphatic carbocycles. The zero-order chi connectivity index (χ0) is 15.4. The van der Waals surface area contributed by atoms with Crippen LogP contribution in [-0.2, 0) is 0 Å². The average molecular weight is 303 g/mol. The number of nitrogens with zero attached hydrogens (tertiary/aromatic N) is 3. The van der Waals surface area contributed by atoms with Crippen LogP contribution in [-0.4, -0.2) is 53.2 Å². The van der Waals surface area contributed by atoms with Crippen LogP contribution >= 0.6 is 0 Å². The highest BCUT2D eigenvalue weighted by Crippen LogP contribution is 2.24. The van der Waals surface area contributed by atoms with Crippen molar-refractivity contribution in [3.8, 4) is 0 Å². The molecule has 1 aliphatic heterocycles. The Kier molecular flexibility index (Phi) is 4.93. The largest absolute Gasteiger partial charge is 0.478 e. The van der Waals surface area contributed by atoms with Crippen LogP contribution in [0.3, 0.4) is 0 Å². The first-order valence-corrected chi connectivity index (χ1v) is 8.42. The molecule has 5 nitrogen and oxygen atoms in total. The number of hydrogen-bond acceptors (Lipinski definition) is 4. The minimum Gasteiger partial charge on any atom is -0.478 e. The summed E-state index contributed by atoms with van der Waals surface area (Å²) in [7, 11) is 0. The van der Waals surface area contributed by atoms with Crippen molar-refractivity contribution in [1.29, 1.82) is 0 Å². The summed E-state index contributed by atoms with van der Waals surface area (Å²) in [6.07, 6.45) is 9.53. The number of hydrogen-bond donors (Lipinski definition) is 1. The van der Waals surface area contributed by atoms with Gasteiger partial charge in [0.25, 0.3) is 0 Å². The second kappa shape index (κ2) is 7.09. The standard InChI is InChI=1S/C17H25N3O2/c21-17(22)14-7-8-18-16(13-14)20-10-4-9-19(11-12-20)15-5-2-1-3-6-15/h7-8,13,15H,1-6,9-12H2,(H,21,22). The lowest BCUT2D eigenvalue weighted by Gasteiger charge is -2.33. The van der Waals surface area contributed by atoms with Crippen LogP contribution < -0.4 is 4.90 Å². The van der Waals surface area contributed by atoms with Gasteiger partial charge in [-0.1, -0.05) is 19.3 Å². The number of carboxylic acid groups (broad SMARTS) is 1. The van der Waals surface area contributed by atoms with Gasteiger partial charge in [0.15, 0.2) is 0 Å². The van der Waals surface area contributed by atoms with Crippen molar-refractivity contribution in [1.82, 2.24) is 9.88 Å². The van der Waals surface area contributed by atoms with Crippen molar-refractivity contribution >= 4 is 11.8 Å². The number of carbonyl (C=O) groups is 1. The number of pyridine rings is 1. The van der Waals surface area contributed by atoms with Crippen LogP contribution in [0.25, 0.3) is 0 Å². The van der Waals surface area contributed by atoms with Crippen LogP contribution in [0.2, 0.25) is 0 Å². The molecule has 0 amide bonds. The monoisotopic (exact) mass is 303 g/mol. The molecule has 0 bridgehead atoms. The van der Waals surface area contributed by atoms with Crippen molar-refractivity contribution in [3.63, 3.8) is 0 Å². The highest BCUT2D eigenvalue weighted by atomic mass is 16.4. The quantitative estimate of drug-likeness (QED) is 0.930. The maximum atomic E-state index is 11.1. The third-order valence-corrected chi connectivity index (χ3v) is 4.94. The van der Waals surface area contributed by atoms with E-state index in [0.717, 1.165) is 44.5 Å². The van der Waals surface area contributed by atoms with E-state index in [1.54, 1.807) is 18.3 Å². The molecule has 2 aliphatic rings. The molecule has 0 atom stereocenters. The number of anilines is 1. The molecule has 1 aromatic rings. The summed E-state index contributed by atoms with van der Waals surface area (Å²) < 4.78 is 0. The summed E-state index contributed by atoms with van der Waals surface area (Å²) in [6, 6.07) is 4.00. The predicted octanol–water partition coefficient (Wildman–Crippen LogP) is 2.62. The van der Waals surface area contributed by atoms with E-state index >= 15 is 0 Å². The van der Waals surface area contributed by atoms with Gasteiger partial charge in [0.05, 0.1) is 5.56 Å². The average Bonchev–Trinajstić information content (AvgIpc) is 2.82. The zero-order valence-corrected chi connectivity index (χ0v) is 13.1. The van der Waals surface area contributed by atoms with Gasteiger partial charge in [0.2, 0.25) is 0 Å². The van der Waals surface area contributed by atoms with Crippen LogP contribution in [0.4, 0.5) is 5.82 Å². The van der Waals surface area contributed by atoms with Crippen LogP contribution in [0.5, 0.6) is 0 Å². The Labute approximate surface area is 131 Å². The first kappa shape index (κ1) is 15.3. The fraction of sp³-hybridized carbons (Fsp3) is 0.647. The number of aromatic nitrogens is 1. The Bertz CT molecular complexity index is 514. The molecule has 2 heterocycles. The van der Waals surface area contributed by atoms with Gasteiger partial charge in [0.1, 0.15) is 5.82 Å².